The Kier molecular flexibility index (Phi) is 4.12. The van der Waals surface area contributed by atoms with Crippen LogP contribution in [0.1, 0.15) is 44.1 Å². The molecule has 5 atom stereocenters. The van der Waals surface area contributed by atoms with Crippen LogP contribution in [-0.4, -0.2) is 60.5 Å². The number of fused-ring (bicyclic) bond motifs is 6. The number of methoxy groups -OCH3 is 2. The zero-order valence-electron chi connectivity index (χ0n) is 16.8. The van der Waals surface area contributed by atoms with Crippen molar-refractivity contribution in [2.45, 2.75) is 67.7 Å². The number of ketones is 1. The molecule has 0 bridgehead atoms. The smallest absolute Gasteiger partial charge is 0.323 e. The van der Waals surface area contributed by atoms with Crippen LogP contribution in [0.2, 0.25) is 0 Å². The van der Waals surface area contributed by atoms with Crippen molar-refractivity contribution in [3.05, 3.63) is 29.8 Å². The number of piperidine rings is 1. The van der Waals surface area contributed by atoms with E-state index in [4.69, 9.17) is 9.47 Å². The van der Waals surface area contributed by atoms with Gasteiger partial charge in [0.25, 0.3) is 0 Å². The number of hydrogen-bond acceptors (Lipinski definition) is 6. The number of carbonyl (C=O) groups excluding carboxylic acids is 3. The molecule has 29 heavy (non-hydrogen) atoms. The Bertz CT molecular complexity index is 901. The Morgan fingerprint density at radius 3 is 2.72 bits per heavy atom. The Labute approximate surface area is 169 Å². The third-order valence-corrected chi connectivity index (χ3v) is 7.80. The van der Waals surface area contributed by atoms with Crippen LogP contribution in [0.15, 0.2) is 24.3 Å². The molecule has 7 heteroatoms. The number of esters is 1. The van der Waals surface area contributed by atoms with Gasteiger partial charge in [0, 0.05) is 37.7 Å². The normalized spacial score (nSPS) is 38.3. The second-order valence-electron chi connectivity index (χ2n) is 8.74. The van der Waals surface area contributed by atoms with Crippen LogP contribution in [0.3, 0.4) is 0 Å². The summed E-state index contributed by atoms with van der Waals surface area (Å²) in [7, 11) is 3.07. The van der Waals surface area contributed by atoms with Crippen molar-refractivity contribution in [3.8, 4) is 0 Å². The van der Waals surface area contributed by atoms with Gasteiger partial charge in [0.05, 0.1) is 18.1 Å². The second-order valence-corrected chi connectivity index (χ2v) is 8.74. The lowest BCUT2D eigenvalue weighted by molar-refractivity contribution is -0.170. The number of ether oxygens (including phenoxy) is 2. The summed E-state index contributed by atoms with van der Waals surface area (Å²) in [6, 6.07) is 6.75. The molecule has 5 rings (SSSR count). The first kappa shape index (κ1) is 18.8. The molecule has 1 aromatic carbocycles. The summed E-state index contributed by atoms with van der Waals surface area (Å²) >= 11 is 0. The fourth-order valence-corrected chi connectivity index (χ4v) is 6.47. The zero-order valence-corrected chi connectivity index (χ0v) is 16.8. The van der Waals surface area contributed by atoms with E-state index in [9.17, 15) is 14.4 Å². The largest absolute Gasteiger partial charge is 0.468 e. The first-order chi connectivity index (χ1) is 14.0. The Balaban J connectivity index is 1.66. The average Bonchev–Trinajstić information content (AvgIpc) is 3.24. The molecule has 7 nitrogen and oxygen atoms in total. The Morgan fingerprint density at radius 2 is 1.97 bits per heavy atom. The number of amides is 1. The van der Waals surface area contributed by atoms with Crippen LogP contribution in [0, 0.1) is 0 Å². The molecule has 0 radical (unpaired) electrons. The predicted molar refractivity (Wildman–Crippen MR) is 104 cm³/mol. The maximum atomic E-state index is 13.4. The van der Waals surface area contributed by atoms with Crippen LogP contribution in [-0.2, 0) is 29.3 Å². The lowest BCUT2D eigenvalue weighted by atomic mass is 9.67. The van der Waals surface area contributed by atoms with E-state index in [0.29, 0.717) is 25.7 Å². The molecule has 3 aliphatic heterocycles. The van der Waals surface area contributed by atoms with E-state index in [2.05, 4.69) is 10.2 Å². The first-order valence-corrected chi connectivity index (χ1v) is 10.3. The number of nitrogens with one attached hydrogen (secondary N) is 1. The summed E-state index contributed by atoms with van der Waals surface area (Å²) < 4.78 is 11.1. The predicted octanol–water partition coefficient (Wildman–Crippen LogP) is 1.79. The van der Waals surface area contributed by atoms with Crippen LogP contribution in [0.5, 0.6) is 0 Å². The van der Waals surface area contributed by atoms with Gasteiger partial charge < -0.3 is 14.8 Å². The number of nitrogens with zero attached hydrogens (tertiary/aromatic N) is 1. The van der Waals surface area contributed by atoms with E-state index in [-0.39, 0.29) is 29.7 Å². The van der Waals surface area contributed by atoms with Gasteiger partial charge in [0.15, 0.2) is 0 Å². The monoisotopic (exact) mass is 398 g/mol. The maximum absolute atomic E-state index is 13.4. The summed E-state index contributed by atoms with van der Waals surface area (Å²) in [4.78, 5) is 40.7. The van der Waals surface area contributed by atoms with Crippen molar-refractivity contribution in [1.29, 1.82) is 0 Å². The fraction of sp³-hybridized carbons (Fsp3) is 0.591. The highest BCUT2D eigenvalue weighted by Crippen LogP contribution is 2.57. The molecule has 0 aromatic heterocycles. The van der Waals surface area contributed by atoms with Gasteiger partial charge in [0.2, 0.25) is 5.91 Å². The highest BCUT2D eigenvalue weighted by Gasteiger charge is 2.68. The van der Waals surface area contributed by atoms with Crippen molar-refractivity contribution >= 4 is 23.3 Å². The number of hydrogen-bond donors (Lipinski definition) is 1. The SMILES string of the molecule is COC(=O)C1C[C@@]2(C(=O)Nc3ccccc32)[C@H]2CC[C@]3(OC)CCC(=O)CC3N12. The molecular weight excluding hydrogens is 372 g/mol. The van der Waals surface area contributed by atoms with Crippen LogP contribution in [0.4, 0.5) is 5.69 Å². The summed E-state index contributed by atoms with van der Waals surface area (Å²) in [6.45, 7) is 0. The minimum absolute atomic E-state index is 0.0628. The fourth-order valence-electron chi connectivity index (χ4n) is 6.47. The number of rotatable bonds is 2. The van der Waals surface area contributed by atoms with E-state index in [1.807, 2.05) is 24.3 Å². The molecule has 1 N–H and O–H groups in total. The third kappa shape index (κ3) is 2.34. The van der Waals surface area contributed by atoms with Gasteiger partial charge >= 0.3 is 5.97 Å². The number of benzene rings is 1. The molecular formula is C22H26N2O5. The van der Waals surface area contributed by atoms with Crippen LogP contribution in [0.25, 0.3) is 0 Å². The molecule has 3 fully saturated rings. The van der Waals surface area contributed by atoms with E-state index in [1.165, 1.54) is 7.11 Å². The molecule has 154 valence electrons. The molecule has 1 spiro atoms. The lowest BCUT2D eigenvalue weighted by Crippen LogP contribution is -2.66. The van der Waals surface area contributed by atoms with Crippen molar-refractivity contribution < 1.29 is 23.9 Å². The van der Waals surface area contributed by atoms with E-state index < -0.39 is 17.1 Å². The number of para-hydroxylation sites is 1. The van der Waals surface area contributed by atoms with Crippen molar-refractivity contribution in [3.63, 3.8) is 0 Å². The van der Waals surface area contributed by atoms with Crippen molar-refractivity contribution in [2.24, 2.45) is 0 Å². The van der Waals surface area contributed by atoms with E-state index in [0.717, 1.165) is 24.1 Å². The van der Waals surface area contributed by atoms with Gasteiger partial charge in [-0.3, -0.25) is 19.3 Å². The van der Waals surface area contributed by atoms with Gasteiger partial charge in [-0.1, -0.05) is 18.2 Å². The van der Waals surface area contributed by atoms with Gasteiger partial charge in [-0.05, 0) is 37.3 Å². The minimum Gasteiger partial charge on any atom is -0.468 e. The second kappa shape index (κ2) is 6.37. The lowest BCUT2D eigenvalue weighted by Gasteiger charge is -2.54. The van der Waals surface area contributed by atoms with Gasteiger partial charge in [-0.15, -0.1) is 0 Å². The molecule has 1 saturated carbocycles. The molecule has 4 aliphatic rings. The van der Waals surface area contributed by atoms with Gasteiger partial charge in [0.1, 0.15) is 11.8 Å². The molecule has 1 aliphatic carbocycles. The van der Waals surface area contributed by atoms with Crippen LogP contribution < -0.4 is 5.32 Å². The van der Waals surface area contributed by atoms with E-state index >= 15 is 0 Å². The summed E-state index contributed by atoms with van der Waals surface area (Å²) in [6.07, 6.45) is 3.36. The molecule has 3 heterocycles. The molecule has 2 unspecified atom stereocenters. The number of carbonyl (C=O) groups is 3. The van der Waals surface area contributed by atoms with E-state index in [1.54, 1.807) is 7.11 Å². The highest BCUT2D eigenvalue weighted by atomic mass is 16.5. The summed E-state index contributed by atoms with van der Waals surface area (Å²) in [5.74, 6) is -0.231. The maximum Gasteiger partial charge on any atom is 0.323 e. The molecule has 1 amide bonds. The Morgan fingerprint density at radius 1 is 1.17 bits per heavy atom. The molecule has 1 aromatic rings. The quantitative estimate of drug-likeness (QED) is 0.765. The topological polar surface area (TPSA) is 84.9 Å². The summed E-state index contributed by atoms with van der Waals surface area (Å²) in [5.41, 5.74) is 0.483. The summed E-state index contributed by atoms with van der Waals surface area (Å²) in [5, 5.41) is 3.03. The third-order valence-electron chi connectivity index (χ3n) is 7.80. The van der Waals surface area contributed by atoms with Gasteiger partial charge in [-0.2, -0.15) is 0 Å². The Hall–Kier alpha value is -2.25. The zero-order chi connectivity index (χ0) is 20.4. The average molecular weight is 398 g/mol. The first-order valence-electron chi connectivity index (χ1n) is 10.3. The standard InChI is InChI=1S/C22H26N2O5/c1-28-19(26)16-12-22(14-5-3-4-6-15(14)23-20(22)27)17-8-10-21(29-2)9-7-13(25)11-18(21)24(16)17/h3-6,16-18H,7-12H2,1-2H3,(H,23,27)/t16?,17-,18?,21-,22+/m1/s1. The van der Waals surface area contributed by atoms with Crippen LogP contribution >= 0.6 is 0 Å². The number of Topliss-reactive ketones (excluding diaryl/α,β-unsaturated/α-hetero) is 1. The van der Waals surface area contributed by atoms with Gasteiger partial charge in [-0.25, -0.2) is 0 Å². The van der Waals surface area contributed by atoms with Crippen molar-refractivity contribution in [1.82, 2.24) is 4.90 Å². The minimum atomic E-state index is -0.810. The number of anilines is 1. The molecule has 2 saturated heterocycles. The highest BCUT2D eigenvalue weighted by molar-refractivity contribution is 6.08. The van der Waals surface area contributed by atoms with Crippen molar-refractivity contribution in [2.75, 3.05) is 19.5 Å².